The molecule has 2 atom stereocenters. The molecule has 1 aromatic rings. The molecule has 5 nitrogen and oxygen atoms in total. The van der Waals surface area contributed by atoms with Crippen LogP contribution in [-0.4, -0.2) is 24.6 Å². The van der Waals surface area contributed by atoms with Gasteiger partial charge in [-0.05, 0) is 24.5 Å². The maximum atomic E-state index is 12.0. The second kappa shape index (κ2) is 6.26. The molecule has 0 bridgehead atoms. The number of nitrogens with zero attached hydrogens (tertiary/aromatic N) is 1. The lowest BCUT2D eigenvalue weighted by atomic mass is 10.0. The lowest BCUT2D eigenvalue weighted by Gasteiger charge is -2.19. The summed E-state index contributed by atoms with van der Waals surface area (Å²) in [5.74, 6) is 0.261. The number of aliphatic hydroxyl groups excluding tert-OH is 1. The molecule has 102 valence electrons. The first-order chi connectivity index (χ1) is 8.40. The maximum absolute atomic E-state index is 12.0. The van der Waals surface area contributed by atoms with E-state index in [9.17, 15) is 8.42 Å². The van der Waals surface area contributed by atoms with Gasteiger partial charge >= 0.3 is 0 Å². The number of sulfonamides is 1. The molecule has 2 N–H and O–H groups in total. The predicted molar refractivity (Wildman–Crippen MR) is 69.4 cm³/mol. The van der Waals surface area contributed by atoms with Gasteiger partial charge in [0.15, 0.2) is 5.03 Å². The van der Waals surface area contributed by atoms with Gasteiger partial charge in [0.25, 0.3) is 10.0 Å². The van der Waals surface area contributed by atoms with Crippen LogP contribution < -0.4 is 4.72 Å². The van der Waals surface area contributed by atoms with Crippen molar-refractivity contribution in [2.75, 3.05) is 0 Å². The summed E-state index contributed by atoms with van der Waals surface area (Å²) >= 11 is 0. The molecule has 0 aliphatic heterocycles. The Hall–Kier alpha value is -0.980. The normalized spacial score (nSPS) is 15.3. The summed E-state index contributed by atoms with van der Waals surface area (Å²) in [5, 5.41) is 8.86. The predicted octanol–water partition coefficient (Wildman–Crippen LogP) is 1.29. The van der Waals surface area contributed by atoms with Crippen LogP contribution in [0.2, 0.25) is 0 Å². The molecule has 18 heavy (non-hydrogen) atoms. The summed E-state index contributed by atoms with van der Waals surface area (Å²) in [4.78, 5) is 3.85. The van der Waals surface area contributed by atoms with Crippen molar-refractivity contribution in [2.24, 2.45) is 5.92 Å². The molecule has 6 heteroatoms. The summed E-state index contributed by atoms with van der Waals surface area (Å²) in [6.07, 6.45) is 2.27. The second-order valence-electron chi connectivity index (χ2n) is 4.46. The molecule has 0 spiro atoms. The third-order valence-corrected chi connectivity index (χ3v) is 4.57. The smallest absolute Gasteiger partial charge is 0.258 e. The largest absolute Gasteiger partial charge is 0.392 e. The van der Waals surface area contributed by atoms with Crippen molar-refractivity contribution in [1.29, 1.82) is 0 Å². The SMILES string of the molecule is CCC(C)C(C)NS(=O)(=O)c1ccc(CO)cn1. The average Bonchev–Trinajstić information content (AvgIpc) is 2.37. The van der Waals surface area contributed by atoms with Crippen molar-refractivity contribution in [3.8, 4) is 0 Å². The van der Waals surface area contributed by atoms with Crippen LogP contribution >= 0.6 is 0 Å². The molecule has 1 heterocycles. The Bertz CT molecular complexity index is 471. The summed E-state index contributed by atoms with van der Waals surface area (Å²) in [6, 6.07) is 2.81. The van der Waals surface area contributed by atoms with E-state index in [4.69, 9.17) is 5.11 Å². The van der Waals surface area contributed by atoms with Gasteiger partial charge in [-0.3, -0.25) is 0 Å². The van der Waals surface area contributed by atoms with Crippen LogP contribution in [-0.2, 0) is 16.6 Å². The number of hydrogen-bond acceptors (Lipinski definition) is 4. The van der Waals surface area contributed by atoms with Gasteiger partial charge in [-0.25, -0.2) is 18.1 Å². The minimum atomic E-state index is -3.58. The summed E-state index contributed by atoms with van der Waals surface area (Å²) in [7, 11) is -3.58. The molecule has 0 saturated heterocycles. The molecular formula is C12H20N2O3S. The first-order valence-corrected chi connectivity index (χ1v) is 7.47. The maximum Gasteiger partial charge on any atom is 0.258 e. The molecule has 1 aromatic heterocycles. The molecule has 0 aliphatic carbocycles. The van der Waals surface area contributed by atoms with Crippen molar-refractivity contribution < 1.29 is 13.5 Å². The number of hydrogen-bond donors (Lipinski definition) is 2. The zero-order chi connectivity index (χ0) is 13.8. The zero-order valence-corrected chi connectivity index (χ0v) is 11.7. The Kier molecular flexibility index (Phi) is 5.25. The molecule has 0 aromatic carbocycles. The lowest BCUT2D eigenvalue weighted by molar-refractivity contribution is 0.281. The molecule has 0 radical (unpaired) electrons. The van der Waals surface area contributed by atoms with Crippen LogP contribution in [0.1, 0.15) is 32.8 Å². The van der Waals surface area contributed by atoms with Crippen molar-refractivity contribution in [3.05, 3.63) is 23.9 Å². The number of pyridine rings is 1. The second-order valence-corrected chi connectivity index (χ2v) is 6.12. The van der Waals surface area contributed by atoms with Crippen molar-refractivity contribution in [1.82, 2.24) is 9.71 Å². The molecule has 0 saturated carbocycles. The van der Waals surface area contributed by atoms with Crippen LogP contribution in [0.15, 0.2) is 23.4 Å². The number of aromatic nitrogens is 1. The van der Waals surface area contributed by atoms with E-state index < -0.39 is 10.0 Å². The lowest BCUT2D eigenvalue weighted by Crippen LogP contribution is -2.37. The Morgan fingerprint density at radius 2 is 2.06 bits per heavy atom. The van der Waals surface area contributed by atoms with Crippen molar-refractivity contribution >= 4 is 10.0 Å². The van der Waals surface area contributed by atoms with E-state index >= 15 is 0 Å². The summed E-state index contributed by atoms with van der Waals surface area (Å²) < 4.78 is 26.7. The quantitative estimate of drug-likeness (QED) is 0.817. The monoisotopic (exact) mass is 272 g/mol. The van der Waals surface area contributed by atoms with Crippen LogP contribution in [0.4, 0.5) is 0 Å². The highest BCUT2D eigenvalue weighted by atomic mass is 32.2. The molecule has 1 rings (SSSR count). The van der Waals surface area contributed by atoms with E-state index in [2.05, 4.69) is 9.71 Å². The van der Waals surface area contributed by atoms with E-state index in [-0.39, 0.29) is 23.6 Å². The van der Waals surface area contributed by atoms with Gasteiger partial charge in [0.1, 0.15) is 0 Å². The minimum absolute atomic E-state index is 0.0187. The highest BCUT2D eigenvalue weighted by molar-refractivity contribution is 7.89. The fraction of sp³-hybridized carbons (Fsp3) is 0.583. The molecule has 0 amide bonds. The van der Waals surface area contributed by atoms with Gasteiger partial charge < -0.3 is 5.11 Å². The van der Waals surface area contributed by atoms with E-state index in [0.717, 1.165) is 6.42 Å². The number of aliphatic hydroxyl groups is 1. The standard InChI is InChI=1S/C12H20N2O3S/c1-4-9(2)10(3)14-18(16,17)12-6-5-11(8-15)7-13-12/h5-7,9-10,14-15H,4,8H2,1-3H3. The van der Waals surface area contributed by atoms with Gasteiger partial charge in [-0.2, -0.15) is 0 Å². The minimum Gasteiger partial charge on any atom is -0.392 e. The van der Waals surface area contributed by atoms with E-state index in [1.807, 2.05) is 20.8 Å². The Morgan fingerprint density at radius 1 is 1.39 bits per heavy atom. The highest BCUT2D eigenvalue weighted by Crippen LogP contribution is 2.12. The topological polar surface area (TPSA) is 79.3 Å². The van der Waals surface area contributed by atoms with Crippen LogP contribution in [0, 0.1) is 5.92 Å². The Balaban J connectivity index is 2.85. The van der Waals surface area contributed by atoms with Gasteiger partial charge in [-0.1, -0.05) is 26.3 Å². The van der Waals surface area contributed by atoms with E-state index in [0.29, 0.717) is 5.56 Å². The van der Waals surface area contributed by atoms with Crippen molar-refractivity contribution in [3.63, 3.8) is 0 Å². The molecule has 0 fully saturated rings. The highest BCUT2D eigenvalue weighted by Gasteiger charge is 2.21. The third kappa shape index (κ3) is 3.76. The van der Waals surface area contributed by atoms with E-state index in [1.54, 1.807) is 6.07 Å². The van der Waals surface area contributed by atoms with Crippen LogP contribution in [0.25, 0.3) is 0 Å². The van der Waals surface area contributed by atoms with Gasteiger partial charge in [0.2, 0.25) is 0 Å². The van der Waals surface area contributed by atoms with Gasteiger partial charge in [0.05, 0.1) is 6.61 Å². The summed E-state index contributed by atoms with van der Waals surface area (Å²) in [6.45, 7) is 5.71. The van der Waals surface area contributed by atoms with Crippen LogP contribution in [0.5, 0.6) is 0 Å². The number of rotatable bonds is 6. The first-order valence-electron chi connectivity index (χ1n) is 5.98. The van der Waals surface area contributed by atoms with Crippen LogP contribution in [0.3, 0.4) is 0 Å². The van der Waals surface area contributed by atoms with Gasteiger partial charge in [0, 0.05) is 12.2 Å². The van der Waals surface area contributed by atoms with Gasteiger partial charge in [-0.15, -0.1) is 0 Å². The zero-order valence-electron chi connectivity index (χ0n) is 10.9. The number of nitrogens with one attached hydrogen (secondary N) is 1. The fourth-order valence-corrected chi connectivity index (χ4v) is 2.72. The average molecular weight is 272 g/mol. The first kappa shape index (κ1) is 15.1. The third-order valence-electron chi connectivity index (χ3n) is 3.09. The molecular weight excluding hydrogens is 252 g/mol. The fourth-order valence-electron chi connectivity index (χ4n) is 1.44. The molecule has 2 unspecified atom stereocenters. The Morgan fingerprint density at radius 3 is 2.50 bits per heavy atom. The van der Waals surface area contributed by atoms with E-state index in [1.165, 1.54) is 12.3 Å². The molecule has 0 aliphatic rings. The Labute approximate surface area is 108 Å². The van der Waals surface area contributed by atoms with Crippen molar-refractivity contribution in [2.45, 2.75) is 44.9 Å². The summed E-state index contributed by atoms with van der Waals surface area (Å²) in [5.41, 5.74) is 0.587.